The van der Waals surface area contributed by atoms with Gasteiger partial charge in [0.15, 0.2) is 17.5 Å². The molecule has 8 aliphatic carbocycles. The lowest BCUT2D eigenvalue weighted by molar-refractivity contribution is -0.307. The van der Waals surface area contributed by atoms with Gasteiger partial charge in [0.1, 0.15) is 24.1 Å². The Kier molecular flexibility index (Phi) is 10.9. The van der Waals surface area contributed by atoms with Gasteiger partial charge in [-0.3, -0.25) is 14.9 Å². The maximum Gasteiger partial charge on any atom is 0.339 e. The summed E-state index contributed by atoms with van der Waals surface area (Å²) in [4.78, 5) is 50.0. The molecule has 4 bridgehead atoms. The van der Waals surface area contributed by atoms with E-state index in [0.717, 1.165) is 95.0 Å². The van der Waals surface area contributed by atoms with Crippen LogP contribution in [0.2, 0.25) is 0 Å². The van der Waals surface area contributed by atoms with Crippen LogP contribution in [0.1, 0.15) is 146 Å². The number of nitrogens with one attached hydrogen (secondary N) is 1. The van der Waals surface area contributed by atoms with E-state index in [1.807, 2.05) is 20.1 Å². The second kappa shape index (κ2) is 17.1. The lowest BCUT2D eigenvalue weighted by Gasteiger charge is -2.72. The number of rotatable bonds is 7. The van der Waals surface area contributed by atoms with Crippen molar-refractivity contribution in [3.8, 4) is 11.8 Å². The number of benzene rings is 1. The number of aliphatic hydroxyl groups is 3. The molecule has 422 valence electrons. The number of cyclic esters (lactones) is 1. The Morgan fingerprint density at radius 1 is 0.924 bits per heavy atom. The van der Waals surface area contributed by atoms with E-state index < -0.39 is 86.6 Å². The number of allylic oxidation sites excluding steroid dienone is 1. The zero-order valence-electron chi connectivity index (χ0n) is 46.6. The largest absolute Gasteiger partial charge is 0.469 e. The van der Waals surface area contributed by atoms with Crippen LogP contribution in [0.3, 0.4) is 0 Å². The molecule has 2 aromatic rings. The van der Waals surface area contributed by atoms with Crippen molar-refractivity contribution >= 4 is 17.7 Å². The molecular weight excluding hydrogens is 997 g/mol. The molecule has 11 fully saturated rings. The van der Waals surface area contributed by atoms with E-state index in [1.165, 1.54) is 5.56 Å². The zero-order valence-corrected chi connectivity index (χ0v) is 46.6. The number of ether oxygens (including phenoxy) is 4. The first-order chi connectivity index (χ1) is 38.1. The molecule has 1 aromatic carbocycles. The van der Waals surface area contributed by atoms with Gasteiger partial charge >= 0.3 is 11.9 Å². The normalized spacial score (nSPS) is 48.4. The number of aliphatic hydroxyl groups excluding tert-OH is 3. The molecule has 6 spiro atoms. The first-order valence-electron chi connectivity index (χ1n) is 31.2. The Morgan fingerprint density at radius 2 is 1.76 bits per heavy atom. The SMILES string of the molecule is CC1(C)O[C@H]2[C@]3(CCC4(CCCC4)C3)C(=O)OC[C@@]23[C@@H]1C(=O)[C@@H](O)[C@@]12[C@@H]4C[C@H](Cc5ccccc5)CC[C@@H]4C#C[C@@H]4CCc5coc(C[C@@H]([C@H]6CC[C@@H]7[C@H](C=CN8CNC[C@@H]78)C6)[C@H](O)CO)c5[C@@]45OC(=O)[C@H]4O[C@@]41[C@@]5(C)CC[C@H]32. The van der Waals surface area contributed by atoms with E-state index >= 15 is 14.4 Å². The Bertz CT molecular complexity index is 2970. The smallest absolute Gasteiger partial charge is 0.339 e. The van der Waals surface area contributed by atoms with Gasteiger partial charge < -0.3 is 43.6 Å². The van der Waals surface area contributed by atoms with E-state index in [1.54, 1.807) is 0 Å². The first kappa shape index (κ1) is 50.7. The highest BCUT2D eigenvalue weighted by molar-refractivity contribution is 5.93. The van der Waals surface area contributed by atoms with Crippen LogP contribution in [-0.4, -0.2) is 106 Å². The molecule has 13 heteroatoms. The van der Waals surface area contributed by atoms with E-state index in [4.69, 9.17) is 23.4 Å². The molecule has 6 saturated carbocycles. The van der Waals surface area contributed by atoms with Crippen molar-refractivity contribution in [2.45, 2.75) is 190 Å². The van der Waals surface area contributed by atoms with Crippen LogP contribution in [0.4, 0.5) is 0 Å². The molecule has 0 unspecified atom stereocenters. The summed E-state index contributed by atoms with van der Waals surface area (Å²) in [5.41, 5.74) is -5.26. The average molecular weight is 1080 g/mol. The number of epoxide rings is 1. The molecule has 21 atom stereocenters. The molecule has 13 nitrogen and oxygen atoms in total. The fraction of sp³-hybridized carbons (Fsp3) is 0.742. The van der Waals surface area contributed by atoms with Gasteiger partial charge in [0.25, 0.3) is 0 Å². The van der Waals surface area contributed by atoms with E-state index in [2.05, 4.69) is 71.6 Å². The molecule has 5 saturated heterocycles. The summed E-state index contributed by atoms with van der Waals surface area (Å²) in [6.07, 6.45) is 17.6. The van der Waals surface area contributed by atoms with Crippen LogP contribution in [0, 0.1) is 98.1 Å². The lowest BCUT2D eigenvalue weighted by Crippen LogP contribution is -2.82. The van der Waals surface area contributed by atoms with Gasteiger partial charge in [-0.2, -0.15) is 0 Å². The number of hydrogen-bond acceptors (Lipinski definition) is 13. The van der Waals surface area contributed by atoms with Crippen LogP contribution >= 0.6 is 0 Å². The summed E-state index contributed by atoms with van der Waals surface area (Å²) in [7, 11) is 0. The van der Waals surface area contributed by atoms with Crippen molar-refractivity contribution in [3.05, 3.63) is 71.3 Å². The standard InChI is InChI=1S/C66H82N2O11/c1-59(2)53-52(71)54(72)64-46-28-38(27-37-9-5-4-6-10-37)11-12-39(46)13-16-43-17-14-42-33-75-49(30-45(48(70)32-69)40-15-18-44-41(29-40)20-26-68-36-67-31-47(44)68)51(42)65(43)60(3,66(64)55(77-66)56(73)78-65)23-19-50(64)63(53)35-76-58(74)62(57(63)79-59)25-24-61(34-62)21-7-8-22-61/h4-6,9-10,20,26,33,38-41,43-48,50,53-55,57,67,69-70,72H,7-8,11-12,14-15,17-19,21-25,27-32,34-36H2,1-3H3/t38-,39+,40-,41+,43+,44+,45-,46+,47-,48+,50+,53+,54+,55+,57-,60-,62+,63+,64-,65-,66+/m0/s1. The summed E-state index contributed by atoms with van der Waals surface area (Å²) >= 11 is 0. The van der Waals surface area contributed by atoms with Crippen LogP contribution < -0.4 is 5.32 Å². The molecule has 6 aliphatic heterocycles. The number of fused-ring (bicyclic) bond motifs is 6. The second-order valence-corrected chi connectivity index (χ2v) is 29.4. The highest BCUT2D eigenvalue weighted by atomic mass is 16.7. The van der Waals surface area contributed by atoms with Crippen LogP contribution in [0.25, 0.3) is 0 Å². The quantitative estimate of drug-likeness (QED) is 0.120. The van der Waals surface area contributed by atoms with Crippen LogP contribution in [-0.2, 0) is 58.2 Å². The molecule has 7 heterocycles. The fourth-order valence-corrected chi connectivity index (χ4v) is 23.4. The Labute approximate surface area is 465 Å². The number of furan rings is 1. The summed E-state index contributed by atoms with van der Waals surface area (Å²) in [5, 5.41) is 40.8. The Morgan fingerprint density at radius 3 is 2.58 bits per heavy atom. The average Bonchev–Trinajstić information content (AvgIpc) is 1.82. The summed E-state index contributed by atoms with van der Waals surface area (Å²) in [6.45, 7) is 7.73. The number of carbonyl (C=O) groups excluding carboxylic acids is 3. The van der Waals surface area contributed by atoms with Crippen LogP contribution in [0.5, 0.6) is 0 Å². The Hall–Kier alpha value is -4.03. The van der Waals surface area contributed by atoms with Gasteiger partial charge in [-0.05, 0) is 181 Å². The predicted octanol–water partition coefficient (Wildman–Crippen LogP) is 7.74. The monoisotopic (exact) mass is 1080 g/mol. The third-order valence-corrected chi connectivity index (χ3v) is 26.2. The maximum absolute atomic E-state index is 16.6. The van der Waals surface area contributed by atoms with Gasteiger partial charge in [-0.15, -0.1) is 0 Å². The third-order valence-electron chi connectivity index (χ3n) is 26.2. The van der Waals surface area contributed by atoms with Crippen LogP contribution in [0.15, 0.2) is 53.3 Å². The molecule has 79 heavy (non-hydrogen) atoms. The fourth-order valence-electron chi connectivity index (χ4n) is 23.4. The number of aryl methyl sites for hydroxylation is 1. The number of ketones is 1. The molecule has 0 radical (unpaired) electrons. The number of esters is 2. The number of hydrogen-bond donors (Lipinski definition) is 4. The van der Waals surface area contributed by atoms with Crippen molar-refractivity contribution < 1.29 is 53.1 Å². The predicted molar refractivity (Wildman–Crippen MR) is 288 cm³/mol. The molecule has 0 amide bonds. The van der Waals surface area contributed by atoms with Gasteiger partial charge in [0.2, 0.25) is 0 Å². The molecule has 16 rings (SSSR count). The van der Waals surface area contributed by atoms with Crippen molar-refractivity contribution in [1.82, 2.24) is 10.2 Å². The number of carbonyl (C=O) groups is 3. The first-order valence-corrected chi connectivity index (χ1v) is 31.2. The summed E-state index contributed by atoms with van der Waals surface area (Å²) in [5.74, 6) is 6.09. The van der Waals surface area contributed by atoms with Gasteiger partial charge in [0.05, 0.1) is 54.6 Å². The van der Waals surface area contributed by atoms with Gasteiger partial charge in [0, 0.05) is 46.7 Å². The van der Waals surface area contributed by atoms with E-state index in [9.17, 15) is 15.3 Å². The minimum absolute atomic E-state index is 0.00930. The van der Waals surface area contributed by atoms with Crippen molar-refractivity contribution in [3.63, 3.8) is 0 Å². The van der Waals surface area contributed by atoms with E-state index in [0.29, 0.717) is 75.0 Å². The topological polar surface area (TPSA) is 181 Å². The third kappa shape index (κ3) is 6.23. The highest BCUT2D eigenvalue weighted by Gasteiger charge is 2.96. The zero-order chi connectivity index (χ0) is 53.9. The maximum atomic E-state index is 16.6. The van der Waals surface area contributed by atoms with Crippen molar-refractivity contribution in [2.24, 2.45) is 86.3 Å². The minimum Gasteiger partial charge on any atom is -0.469 e. The molecular formula is C66H82N2O11. The van der Waals surface area contributed by atoms with E-state index in [-0.39, 0.29) is 60.0 Å². The van der Waals surface area contributed by atoms with Crippen molar-refractivity contribution in [2.75, 3.05) is 26.4 Å². The lowest BCUT2D eigenvalue weighted by atomic mass is 9.30. The minimum atomic E-state index is -1.55. The van der Waals surface area contributed by atoms with Gasteiger partial charge in [-0.25, -0.2) is 4.79 Å². The Balaban J connectivity index is 0.878. The highest BCUT2D eigenvalue weighted by Crippen LogP contribution is 2.86. The number of nitrogens with zero attached hydrogens (tertiary/aromatic N) is 1. The number of Topliss-reactive ketones (excluding diaryl/α,β-unsaturated/α-hetero) is 1. The summed E-state index contributed by atoms with van der Waals surface area (Å²) < 4.78 is 36.2. The van der Waals surface area contributed by atoms with Gasteiger partial charge in [-0.1, -0.05) is 68.0 Å². The molecule has 4 N–H and O–H groups in total. The van der Waals surface area contributed by atoms with Crippen molar-refractivity contribution in [1.29, 1.82) is 0 Å². The molecule has 1 aromatic heterocycles. The second-order valence-electron chi connectivity index (χ2n) is 29.4. The summed E-state index contributed by atoms with van der Waals surface area (Å²) in [6, 6.07) is 11.1. The molecule has 14 aliphatic rings.